The summed E-state index contributed by atoms with van der Waals surface area (Å²) in [5.74, 6) is 2.22. The molecule has 4 bridgehead atoms. The summed E-state index contributed by atoms with van der Waals surface area (Å²) < 4.78 is 13.1. The lowest BCUT2D eigenvalue weighted by molar-refractivity contribution is -0.207. The maximum Gasteiger partial charge on any atom is 0.0924 e. The van der Waals surface area contributed by atoms with Crippen LogP contribution in [0.1, 0.15) is 59.8 Å². The summed E-state index contributed by atoms with van der Waals surface area (Å²) in [5, 5.41) is 11.0. The molecule has 0 aromatic carbocycles. The quantitative estimate of drug-likeness (QED) is 0.749. The fourth-order valence-corrected chi connectivity index (χ4v) is 6.09. The van der Waals surface area contributed by atoms with Crippen molar-refractivity contribution in [1.29, 1.82) is 0 Å². The van der Waals surface area contributed by atoms with Gasteiger partial charge in [0.25, 0.3) is 0 Å². The van der Waals surface area contributed by atoms with E-state index < -0.39 is 5.60 Å². The first-order chi connectivity index (χ1) is 10.7. The Hall–Kier alpha value is -0.380. The number of aliphatic hydroxyl groups is 1. The molecule has 0 radical (unpaired) electrons. The summed E-state index contributed by atoms with van der Waals surface area (Å²) >= 11 is 0. The Labute approximate surface area is 140 Å². The van der Waals surface area contributed by atoms with E-state index in [-0.39, 0.29) is 23.9 Å². The molecule has 2 unspecified atom stereocenters. The zero-order valence-corrected chi connectivity index (χ0v) is 15.0. The molecule has 3 saturated heterocycles. The zero-order chi connectivity index (χ0) is 16.6. The Morgan fingerprint density at radius 1 is 1.26 bits per heavy atom. The summed E-state index contributed by atoms with van der Waals surface area (Å²) in [6.45, 7) is 13.2. The van der Waals surface area contributed by atoms with Gasteiger partial charge in [-0.3, -0.25) is 0 Å². The SMILES string of the molecule is C=C1CC[C@H](C(C)C)[C@@H]2[C@H]1[C@H]1CC(C)(O)C3CC[C@@](C)(O3)[C@H]2O1. The summed E-state index contributed by atoms with van der Waals surface area (Å²) in [4.78, 5) is 0. The Morgan fingerprint density at radius 2 is 2.00 bits per heavy atom. The molecule has 8 atom stereocenters. The lowest BCUT2D eigenvalue weighted by atomic mass is 9.61. The zero-order valence-electron chi connectivity index (χ0n) is 15.0. The fourth-order valence-electron chi connectivity index (χ4n) is 6.09. The average Bonchev–Trinajstić information content (AvgIpc) is 3.02. The van der Waals surface area contributed by atoms with Gasteiger partial charge in [-0.1, -0.05) is 26.0 Å². The van der Waals surface area contributed by atoms with Crippen LogP contribution >= 0.6 is 0 Å². The molecule has 3 aliphatic heterocycles. The highest BCUT2D eigenvalue weighted by Crippen LogP contribution is 2.58. The molecule has 0 aromatic rings. The van der Waals surface area contributed by atoms with Gasteiger partial charge in [-0.25, -0.2) is 0 Å². The Kier molecular flexibility index (Phi) is 3.54. The Morgan fingerprint density at radius 3 is 2.70 bits per heavy atom. The number of rotatable bonds is 1. The van der Waals surface area contributed by atoms with E-state index in [0.29, 0.717) is 30.1 Å². The molecule has 4 aliphatic rings. The van der Waals surface area contributed by atoms with E-state index in [1.807, 2.05) is 6.92 Å². The predicted octanol–water partition coefficient (Wildman–Crippen LogP) is 3.70. The minimum Gasteiger partial charge on any atom is -0.387 e. The van der Waals surface area contributed by atoms with Crippen LogP contribution in [0.5, 0.6) is 0 Å². The maximum absolute atomic E-state index is 11.0. The summed E-state index contributed by atoms with van der Waals surface area (Å²) in [5.41, 5.74) is 0.293. The van der Waals surface area contributed by atoms with Crippen molar-refractivity contribution in [1.82, 2.24) is 0 Å². The molecule has 3 heterocycles. The van der Waals surface area contributed by atoms with E-state index in [1.165, 1.54) is 12.0 Å². The second-order valence-electron chi connectivity index (χ2n) is 9.32. The van der Waals surface area contributed by atoms with E-state index in [0.717, 1.165) is 19.3 Å². The van der Waals surface area contributed by atoms with Gasteiger partial charge in [0.2, 0.25) is 0 Å². The van der Waals surface area contributed by atoms with Gasteiger partial charge in [0.15, 0.2) is 0 Å². The van der Waals surface area contributed by atoms with Gasteiger partial charge < -0.3 is 14.6 Å². The smallest absolute Gasteiger partial charge is 0.0924 e. The third kappa shape index (κ3) is 2.26. The minimum absolute atomic E-state index is 0.0488. The first-order valence-corrected chi connectivity index (χ1v) is 9.46. The van der Waals surface area contributed by atoms with Crippen molar-refractivity contribution in [3.05, 3.63) is 12.2 Å². The van der Waals surface area contributed by atoms with Crippen molar-refractivity contribution in [2.24, 2.45) is 23.7 Å². The average molecular weight is 320 g/mol. The van der Waals surface area contributed by atoms with E-state index in [9.17, 15) is 5.11 Å². The predicted molar refractivity (Wildman–Crippen MR) is 90.1 cm³/mol. The van der Waals surface area contributed by atoms with E-state index in [1.54, 1.807) is 0 Å². The molecule has 4 rings (SSSR count). The van der Waals surface area contributed by atoms with Crippen LogP contribution in [0.15, 0.2) is 12.2 Å². The monoisotopic (exact) mass is 320 g/mol. The van der Waals surface area contributed by atoms with Crippen LogP contribution in [-0.2, 0) is 9.47 Å². The van der Waals surface area contributed by atoms with Crippen LogP contribution in [-0.4, -0.2) is 34.6 Å². The molecule has 0 aromatic heterocycles. The maximum atomic E-state index is 11.0. The van der Waals surface area contributed by atoms with Gasteiger partial charge in [0, 0.05) is 12.3 Å². The molecule has 1 N–H and O–H groups in total. The Balaban J connectivity index is 1.78. The van der Waals surface area contributed by atoms with E-state index in [2.05, 4.69) is 27.4 Å². The second kappa shape index (κ2) is 5.06. The van der Waals surface area contributed by atoms with Gasteiger partial charge in [-0.15, -0.1) is 0 Å². The van der Waals surface area contributed by atoms with Crippen molar-refractivity contribution >= 4 is 0 Å². The van der Waals surface area contributed by atoms with Crippen molar-refractivity contribution < 1.29 is 14.6 Å². The minimum atomic E-state index is -0.798. The molecule has 23 heavy (non-hydrogen) atoms. The van der Waals surface area contributed by atoms with E-state index >= 15 is 0 Å². The highest BCUT2D eigenvalue weighted by Gasteiger charge is 2.63. The molecule has 0 amide bonds. The van der Waals surface area contributed by atoms with Crippen LogP contribution in [0.3, 0.4) is 0 Å². The molecule has 130 valence electrons. The van der Waals surface area contributed by atoms with Crippen LogP contribution in [0.2, 0.25) is 0 Å². The summed E-state index contributed by atoms with van der Waals surface area (Å²) in [7, 11) is 0. The molecule has 4 fully saturated rings. The summed E-state index contributed by atoms with van der Waals surface area (Å²) in [6.07, 6.45) is 5.16. The first kappa shape index (κ1) is 16.1. The van der Waals surface area contributed by atoms with Gasteiger partial charge in [-0.05, 0) is 57.3 Å². The Bertz CT molecular complexity index is 511. The highest BCUT2D eigenvalue weighted by atomic mass is 16.6. The van der Waals surface area contributed by atoms with Crippen molar-refractivity contribution in [3.63, 3.8) is 0 Å². The molecular formula is C20H32O3. The van der Waals surface area contributed by atoms with Gasteiger partial charge in [-0.2, -0.15) is 0 Å². The van der Waals surface area contributed by atoms with Crippen LogP contribution in [0, 0.1) is 23.7 Å². The number of hydrogen-bond donors (Lipinski definition) is 1. The van der Waals surface area contributed by atoms with Crippen LogP contribution in [0.25, 0.3) is 0 Å². The first-order valence-electron chi connectivity index (χ1n) is 9.46. The second-order valence-corrected chi connectivity index (χ2v) is 9.32. The van der Waals surface area contributed by atoms with Gasteiger partial charge >= 0.3 is 0 Å². The molecule has 3 heteroatoms. The largest absolute Gasteiger partial charge is 0.387 e. The number of hydrogen-bond acceptors (Lipinski definition) is 3. The number of ether oxygens (including phenoxy) is 2. The van der Waals surface area contributed by atoms with E-state index in [4.69, 9.17) is 9.47 Å². The highest BCUT2D eigenvalue weighted by molar-refractivity contribution is 5.20. The molecule has 3 nitrogen and oxygen atoms in total. The third-order valence-electron chi connectivity index (χ3n) is 7.33. The summed E-state index contributed by atoms with van der Waals surface area (Å²) in [6, 6.07) is 0. The van der Waals surface area contributed by atoms with Crippen molar-refractivity contribution in [3.8, 4) is 0 Å². The van der Waals surface area contributed by atoms with Gasteiger partial charge in [0.05, 0.1) is 29.5 Å². The van der Waals surface area contributed by atoms with Crippen LogP contribution < -0.4 is 0 Å². The molecule has 0 spiro atoms. The molecular weight excluding hydrogens is 288 g/mol. The topological polar surface area (TPSA) is 38.7 Å². The third-order valence-corrected chi connectivity index (χ3v) is 7.33. The normalized spacial score (nSPS) is 55.7. The fraction of sp³-hybridized carbons (Fsp3) is 0.900. The van der Waals surface area contributed by atoms with Gasteiger partial charge in [0.1, 0.15) is 0 Å². The number of fused-ring (bicyclic) bond motifs is 8. The van der Waals surface area contributed by atoms with Crippen LogP contribution in [0.4, 0.5) is 0 Å². The molecule has 1 aliphatic carbocycles. The van der Waals surface area contributed by atoms with Crippen molar-refractivity contribution in [2.75, 3.05) is 0 Å². The standard InChI is InChI=1S/C20H32O3/c1-11(2)13-7-6-12(3)16-14-10-19(4,21)15-8-9-20(5,23-15)18(22-14)17(13)16/h11,13-18,21H,3,6-10H2,1-2,4-5H3/t13-,14-,15?,16-,17-,18+,19?,20-/m1/s1. The lowest BCUT2D eigenvalue weighted by Gasteiger charge is -2.43. The molecule has 1 saturated carbocycles. The lowest BCUT2D eigenvalue weighted by Crippen LogP contribution is -2.50. The van der Waals surface area contributed by atoms with Crippen molar-refractivity contribution in [2.45, 2.75) is 89.3 Å².